The van der Waals surface area contributed by atoms with Crippen LogP contribution in [0.1, 0.15) is 55.1 Å². The number of methoxy groups -OCH3 is 2. The number of pyridine rings is 1. The topological polar surface area (TPSA) is 97.5 Å². The summed E-state index contributed by atoms with van der Waals surface area (Å²) in [5, 5.41) is 0. The van der Waals surface area contributed by atoms with Crippen LogP contribution in [0.3, 0.4) is 0 Å². The second-order valence-electron chi connectivity index (χ2n) is 7.86. The van der Waals surface area contributed by atoms with Gasteiger partial charge < -0.3 is 14.5 Å². The van der Waals surface area contributed by atoms with E-state index < -0.39 is 47.1 Å². The molecule has 1 aromatic heterocycles. The average Bonchev–Trinajstić information content (AvgIpc) is 2.85. The zero-order valence-electron chi connectivity index (χ0n) is 28.4. The van der Waals surface area contributed by atoms with Gasteiger partial charge in [0.25, 0.3) is 5.56 Å². The van der Waals surface area contributed by atoms with E-state index in [1.54, 1.807) is 18.2 Å². The number of aromatic amines is 1. The van der Waals surface area contributed by atoms with Crippen molar-refractivity contribution in [1.82, 2.24) is 4.98 Å². The lowest BCUT2D eigenvalue weighted by molar-refractivity contribution is 0.185. The summed E-state index contributed by atoms with van der Waals surface area (Å²) in [6, 6.07) is 10.1. The molecule has 0 aliphatic rings. The molecule has 2 aromatic carbocycles. The zero-order chi connectivity index (χ0) is 33.3. The maximum Gasteiger partial charge on any atom is 0.255 e. The lowest BCUT2D eigenvalue weighted by atomic mass is 9.83. The van der Waals surface area contributed by atoms with Gasteiger partial charge in [0.15, 0.2) is 0 Å². The fraction of sp³-hybridized carbons (Fsp3) is 0.296. The number of ether oxygens (including phenoxy) is 2. The maximum absolute atomic E-state index is 12.8. The van der Waals surface area contributed by atoms with Gasteiger partial charge in [-0.05, 0) is 58.5 Å². The van der Waals surface area contributed by atoms with Crippen LogP contribution in [-0.4, -0.2) is 33.9 Å². The Bertz CT molecular complexity index is 1670. The molecule has 186 valence electrons. The Balaban J connectivity index is 2.45. The molecule has 0 saturated heterocycles. The summed E-state index contributed by atoms with van der Waals surface area (Å²) < 4.78 is 111. The third kappa shape index (κ3) is 6.61. The summed E-state index contributed by atoms with van der Waals surface area (Å²) in [6.07, 6.45) is 5.38. The van der Waals surface area contributed by atoms with Crippen LogP contribution in [0.15, 0.2) is 53.5 Å². The molecule has 0 spiro atoms. The lowest BCUT2D eigenvalue weighted by Gasteiger charge is -2.24. The minimum Gasteiger partial charge on any atom is -0.496 e. The number of hydrogen-bond donors (Lipinski definition) is 2. The largest absolute Gasteiger partial charge is 0.496 e. The first-order valence-corrected chi connectivity index (χ1v) is 12.3. The van der Waals surface area contributed by atoms with Crippen LogP contribution >= 0.6 is 0 Å². The van der Waals surface area contributed by atoms with E-state index in [0.717, 1.165) is 19.4 Å². The number of rotatable bonds is 8. The minimum atomic E-state index is -3.59. The molecule has 35 heavy (non-hydrogen) atoms. The van der Waals surface area contributed by atoms with Crippen LogP contribution in [0.4, 0.5) is 5.69 Å². The Labute approximate surface area is 219 Å². The predicted octanol–water partition coefficient (Wildman–Crippen LogP) is 5.04. The summed E-state index contributed by atoms with van der Waals surface area (Å²) in [5.74, 6) is -0.329. The highest BCUT2D eigenvalue weighted by Crippen LogP contribution is 2.38. The van der Waals surface area contributed by atoms with Crippen LogP contribution < -0.4 is 15.0 Å². The van der Waals surface area contributed by atoms with Gasteiger partial charge in [0, 0.05) is 48.0 Å². The van der Waals surface area contributed by atoms with Gasteiger partial charge in [-0.2, -0.15) is 0 Å². The van der Waals surface area contributed by atoms with Crippen LogP contribution in [-0.2, 0) is 26.8 Å². The molecule has 3 rings (SSSR count). The fourth-order valence-corrected chi connectivity index (χ4v) is 4.15. The Hall–Kier alpha value is -3.36. The van der Waals surface area contributed by atoms with Crippen LogP contribution in [0.25, 0.3) is 23.3 Å². The summed E-state index contributed by atoms with van der Waals surface area (Å²) >= 11 is 0. The van der Waals surface area contributed by atoms with E-state index in [9.17, 15) is 13.2 Å². The van der Waals surface area contributed by atoms with Crippen molar-refractivity contribution in [2.24, 2.45) is 0 Å². The van der Waals surface area contributed by atoms with E-state index in [2.05, 4.69) is 9.71 Å². The molecule has 1 heterocycles. The summed E-state index contributed by atoms with van der Waals surface area (Å²) in [6.45, 7) is -10.7. The molecule has 0 unspecified atom stereocenters. The van der Waals surface area contributed by atoms with Gasteiger partial charge in [0.1, 0.15) is 5.75 Å². The van der Waals surface area contributed by atoms with E-state index in [4.69, 9.17) is 21.8 Å². The van der Waals surface area contributed by atoms with Crippen LogP contribution in [0.2, 0.25) is 0 Å². The lowest BCUT2D eigenvalue weighted by Crippen LogP contribution is -2.15. The Morgan fingerprint density at radius 2 is 1.83 bits per heavy atom. The zero-order valence-corrected chi connectivity index (χ0v) is 20.2. The van der Waals surface area contributed by atoms with Crippen molar-refractivity contribution in [3.63, 3.8) is 0 Å². The number of anilines is 1. The van der Waals surface area contributed by atoms with Gasteiger partial charge in [-0.25, -0.2) is 8.42 Å². The van der Waals surface area contributed by atoms with Gasteiger partial charge in [-0.3, -0.25) is 9.52 Å². The van der Waals surface area contributed by atoms with E-state index in [0.29, 0.717) is 11.1 Å². The maximum atomic E-state index is 12.8. The molecule has 2 N–H and O–H groups in total. The van der Waals surface area contributed by atoms with Gasteiger partial charge in [0.2, 0.25) is 10.0 Å². The van der Waals surface area contributed by atoms with Crippen molar-refractivity contribution in [3.05, 3.63) is 81.3 Å². The van der Waals surface area contributed by atoms with Crippen molar-refractivity contribution in [2.75, 3.05) is 25.2 Å². The second-order valence-corrected chi connectivity index (χ2v) is 9.61. The third-order valence-electron chi connectivity index (χ3n) is 5.04. The van der Waals surface area contributed by atoms with Gasteiger partial charge in [-0.1, -0.05) is 38.8 Å². The monoisotopic (exact) mass is 505 g/mol. The summed E-state index contributed by atoms with van der Waals surface area (Å²) in [5.41, 5.74) is -3.14. The van der Waals surface area contributed by atoms with E-state index in [1.807, 2.05) is 0 Å². The quantitative estimate of drug-likeness (QED) is 0.418. The smallest absolute Gasteiger partial charge is 0.255 e. The summed E-state index contributed by atoms with van der Waals surface area (Å²) in [4.78, 5) is 15.3. The average molecular weight is 506 g/mol. The number of hydrogen-bond acceptors (Lipinski definition) is 5. The number of aromatic nitrogens is 1. The molecule has 0 aliphatic heterocycles. The number of benzene rings is 2. The van der Waals surface area contributed by atoms with Crippen LogP contribution in [0.5, 0.6) is 5.75 Å². The van der Waals surface area contributed by atoms with Crippen LogP contribution in [0, 0.1) is 0 Å². The SMILES string of the molecule is [2H]C([2H])([2H])C(c1cc(-c2ccc[nH]c2=O)cc(C=Cc2ccc(NS(C)(=O)=O)cc2COC)c1OC)(C([2H])([2H])[2H])C([2H])([2H])[2H]. The molecular formula is C27H32N2O5S. The molecule has 0 amide bonds. The van der Waals surface area contributed by atoms with Gasteiger partial charge >= 0.3 is 0 Å². The Morgan fingerprint density at radius 3 is 2.46 bits per heavy atom. The van der Waals surface area contributed by atoms with Crippen molar-refractivity contribution >= 4 is 27.9 Å². The van der Waals surface area contributed by atoms with Gasteiger partial charge in [0.05, 0.1) is 20.0 Å². The number of H-pyrrole nitrogens is 1. The first-order valence-electron chi connectivity index (χ1n) is 14.9. The second kappa shape index (κ2) is 10.5. The fourth-order valence-electron chi connectivity index (χ4n) is 3.59. The van der Waals surface area contributed by atoms with E-state index in [1.165, 1.54) is 43.6 Å². The summed E-state index contributed by atoms with van der Waals surface area (Å²) in [7, 11) is -0.975. The normalized spacial score (nSPS) is 17.1. The highest BCUT2D eigenvalue weighted by molar-refractivity contribution is 7.92. The standard InChI is InChI=1S/C27H32N2O5S/c1-27(2,3)24-16-20(23-8-7-13-28-26(23)30)14-19(25(24)34-5)10-9-18-11-12-22(29-35(6,31)32)15-21(18)17-33-4/h7-16,29H,17H2,1-6H3,(H,28,30)/i1D3,2D3,3D3. The molecule has 0 aliphatic carbocycles. The Morgan fingerprint density at radius 1 is 1.09 bits per heavy atom. The molecule has 0 radical (unpaired) electrons. The highest BCUT2D eigenvalue weighted by atomic mass is 32.2. The third-order valence-corrected chi connectivity index (χ3v) is 5.65. The highest BCUT2D eigenvalue weighted by Gasteiger charge is 2.22. The molecule has 8 heteroatoms. The molecule has 0 saturated carbocycles. The molecule has 7 nitrogen and oxygen atoms in total. The van der Waals surface area contributed by atoms with Crippen molar-refractivity contribution in [3.8, 4) is 16.9 Å². The van der Waals surface area contributed by atoms with Crippen molar-refractivity contribution in [1.29, 1.82) is 0 Å². The molecule has 0 fully saturated rings. The Kier molecular flexibility index (Phi) is 4.90. The number of nitrogens with one attached hydrogen (secondary N) is 2. The number of sulfonamides is 1. The predicted molar refractivity (Wildman–Crippen MR) is 142 cm³/mol. The molecule has 3 aromatic rings. The van der Waals surface area contributed by atoms with Gasteiger partial charge in [-0.15, -0.1) is 0 Å². The molecular weight excluding hydrogens is 464 g/mol. The minimum absolute atomic E-state index is 0.0258. The molecule has 0 atom stereocenters. The van der Waals surface area contributed by atoms with E-state index >= 15 is 0 Å². The van der Waals surface area contributed by atoms with Crippen molar-refractivity contribution in [2.45, 2.75) is 32.6 Å². The van der Waals surface area contributed by atoms with Crippen molar-refractivity contribution < 1.29 is 30.2 Å². The first kappa shape index (κ1) is 16.3. The van der Waals surface area contributed by atoms with E-state index in [-0.39, 0.29) is 34.7 Å². The molecule has 0 bridgehead atoms. The first-order chi connectivity index (χ1) is 20.2.